The van der Waals surface area contributed by atoms with Gasteiger partial charge in [0.05, 0.1) is 0 Å². The zero-order chi connectivity index (χ0) is 14.8. The molecule has 1 aromatic carbocycles. The third-order valence-corrected chi connectivity index (χ3v) is 3.23. The molecule has 0 radical (unpaired) electrons. The highest BCUT2D eigenvalue weighted by Crippen LogP contribution is 2.14. The number of carbonyl (C=O) groups is 2. The SMILES string of the molecule is CCCCCCCC(OC(C)=O)C(=O)c1ccccc1. The van der Waals surface area contributed by atoms with Gasteiger partial charge in [-0.25, -0.2) is 0 Å². The van der Waals surface area contributed by atoms with E-state index in [4.69, 9.17) is 4.74 Å². The molecule has 3 heteroatoms. The maximum absolute atomic E-state index is 12.3. The summed E-state index contributed by atoms with van der Waals surface area (Å²) >= 11 is 0. The van der Waals surface area contributed by atoms with Crippen molar-refractivity contribution in [2.75, 3.05) is 0 Å². The normalized spacial score (nSPS) is 11.9. The van der Waals surface area contributed by atoms with Gasteiger partial charge in [-0.05, 0) is 12.8 Å². The van der Waals surface area contributed by atoms with Crippen LogP contribution < -0.4 is 0 Å². The van der Waals surface area contributed by atoms with Crippen LogP contribution in [0.5, 0.6) is 0 Å². The summed E-state index contributed by atoms with van der Waals surface area (Å²) in [7, 11) is 0. The number of unbranched alkanes of at least 4 members (excludes halogenated alkanes) is 4. The summed E-state index contributed by atoms with van der Waals surface area (Å²) in [4.78, 5) is 23.5. The number of hydrogen-bond acceptors (Lipinski definition) is 3. The maximum atomic E-state index is 12.3. The molecule has 0 aliphatic heterocycles. The molecule has 0 aromatic heterocycles. The number of ketones is 1. The molecule has 0 N–H and O–H groups in total. The summed E-state index contributed by atoms with van der Waals surface area (Å²) < 4.78 is 5.18. The lowest BCUT2D eigenvalue weighted by Crippen LogP contribution is -2.26. The average Bonchev–Trinajstić information content (AvgIpc) is 2.45. The van der Waals surface area contributed by atoms with Gasteiger partial charge in [0.2, 0.25) is 5.78 Å². The van der Waals surface area contributed by atoms with Gasteiger partial charge in [0.1, 0.15) is 0 Å². The molecule has 110 valence electrons. The van der Waals surface area contributed by atoms with Crippen molar-refractivity contribution in [2.24, 2.45) is 0 Å². The van der Waals surface area contributed by atoms with Crippen LogP contribution in [0.1, 0.15) is 62.7 Å². The van der Waals surface area contributed by atoms with Gasteiger partial charge in [0.15, 0.2) is 6.10 Å². The van der Waals surface area contributed by atoms with Gasteiger partial charge in [0.25, 0.3) is 0 Å². The highest BCUT2D eigenvalue weighted by Gasteiger charge is 2.22. The minimum atomic E-state index is -0.642. The highest BCUT2D eigenvalue weighted by atomic mass is 16.5. The first kappa shape index (κ1) is 16.4. The quantitative estimate of drug-likeness (QED) is 0.386. The summed E-state index contributed by atoms with van der Waals surface area (Å²) in [6, 6.07) is 9.02. The first-order valence-electron chi connectivity index (χ1n) is 7.41. The van der Waals surface area contributed by atoms with E-state index in [1.54, 1.807) is 12.1 Å². The van der Waals surface area contributed by atoms with E-state index >= 15 is 0 Å². The number of benzene rings is 1. The smallest absolute Gasteiger partial charge is 0.303 e. The van der Waals surface area contributed by atoms with E-state index in [-0.39, 0.29) is 5.78 Å². The Morgan fingerprint density at radius 1 is 1.05 bits per heavy atom. The second kappa shape index (κ2) is 9.29. The van der Waals surface area contributed by atoms with E-state index in [0.717, 1.165) is 12.8 Å². The molecule has 1 aromatic rings. The van der Waals surface area contributed by atoms with Crippen LogP contribution in [0.25, 0.3) is 0 Å². The topological polar surface area (TPSA) is 43.4 Å². The van der Waals surface area contributed by atoms with Gasteiger partial charge >= 0.3 is 5.97 Å². The van der Waals surface area contributed by atoms with Crippen LogP contribution in [0.15, 0.2) is 30.3 Å². The van der Waals surface area contributed by atoms with Crippen LogP contribution in [-0.2, 0) is 9.53 Å². The van der Waals surface area contributed by atoms with Crippen molar-refractivity contribution >= 4 is 11.8 Å². The van der Waals surface area contributed by atoms with Crippen molar-refractivity contribution in [3.05, 3.63) is 35.9 Å². The van der Waals surface area contributed by atoms with Crippen LogP contribution in [0.2, 0.25) is 0 Å². The minimum absolute atomic E-state index is 0.101. The molecule has 0 heterocycles. The number of ether oxygens (including phenoxy) is 1. The van der Waals surface area contributed by atoms with Crippen molar-refractivity contribution in [3.63, 3.8) is 0 Å². The zero-order valence-electron chi connectivity index (χ0n) is 12.4. The maximum Gasteiger partial charge on any atom is 0.303 e. The summed E-state index contributed by atoms with van der Waals surface area (Å²) in [6.07, 6.45) is 5.53. The highest BCUT2D eigenvalue weighted by molar-refractivity contribution is 6.00. The zero-order valence-corrected chi connectivity index (χ0v) is 12.4. The van der Waals surface area contributed by atoms with Crippen molar-refractivity contribution in [1.29, 1.82) is 0 Å². The number of hydrogen-bond donors (Lipinski definition) is 0. The predicted molar refractivity (Wildman–Crippen MR) is 79.7 cm³/mol. The average molecular weight is 276 g/mol. The van der Waals surface area contributed by atoms with E-state index in [1.165, 1.54) is 26.2 Å². The van der Waals surface area contributed by atoms with Crippen molar-refractivity contribution in [1.82, 2.24) is 0 Å². The van der Waals surface area contributed by atoms with Gasteiger partial charge < -0.3 is 4.74 Å². The van der Waals surface area contributed by atoms with Crippen molar-refractivity contribution in [2.45, 2.75) is 58.5 Å². The first-order valence-corrected chi connectivity index (χ1v) is 7.41. The summed E-state index contributed by atoms with van der Waals surface area (Å²) in [5, 5.41) is 0. The second-order valence-electron chi connectivity index (χ2n) is 5.03. The molecule has 0 aliphatic carbocycles. The Morgan fingerprint density at radius 3 is 2.30 bits per heavy atom. The molecule has 0 aliphatic rings. The number of rotatable bonds is 9. The largest absolute Gasteiger partial charge is 0.454 e. The molecule has 0 amide bonds. The van der Waals surface area contributed by atoms with E-state index < -0.39 is 12.1 Å². The van der Waals surface area contributed by atoms with E-state index in [1.807, 2.05) is 18.2 Å². The minimum Gasteiger partial charge on any atom is -0.454 e. The predicted octanol–water partition coefficient (Wildman–Crippen LogP) is 4.16. The lowest BCUT2D eigenvalue weighted by molar-refractivity contribution is -0.144. The fraction of sp³-hybridized carbons (Fsp3) is 0.529. The molecule has 0 bridgehead atoms. The molecular weight excluding hydrogens is 252 g/mol. The lowest BCUT2D eigenvalue weighted by Gasteiger charge is -2.16. The Balaban J connectivity index is 2.55. The Kier molecular flexibility index (Phi) is 7.63. The number of esters is 1. The van der Waals surface area contributed by atoms with Gasteiger partial charge in [-0.2, -0.15) is 0 Å². The van der Waals surface area contributed by atoms with Gasteiger partial charge in [0, 0.05) is 12.5 Å². The molecule has 20 heavy (non-hydrogen) atoms. The van der Waals surface area contributed by atoms with Crippen LogP contribution in [0.3, 0.4) is 0 Å². The third kappa shape index (κ3) is 6.00. The first-order chi connectivity index (χ1) is 9.65. The molecular formula is C17H24O3. The van der Waals surface area contributed by atoms with Crippen LogP contribution in [-0.4, -0.2) is 17.9 Å². The standard InChI is InChI=1S/C17H24O3/c1-3-4-5-6-10-13-16(20-14(2)18)17(19)15-11-8-7-9-12-15/h7-9,11-12,16H,3-6,10,13H2,1-2H3. The van der Waals surface area contributed by atoms with Crippen LogP contribution in [0.4, 0.5) is 0 Å². The van der Waals surface area contributed by atoms with Crippen molar-refractivity contribution in [3.8, 4) is 0 Å². The van der Waals surface area contributed by atoms with E-state index in [0.29, 0.717) is 12.0 Å². The van der Waals surface area contributed by atoms with Gasteiger partial charge in [-0.3, -0.25) is 9.59 Å². The monoisotopic (exact) mass is 276 g/mol. The Morgan fingerprint density at radius 2 is 1.70 bits per heavy atom. The van der Waals surface area contributed by atoms with Crippen molar-refractivity contribution < 1.29 is 14.3 Å². The molecule has 1 unspecified atom stereocenters. The van der Waals surface area contributed by atoms with Gasteiger partial charge in [-0.15, -0.1) is 0 Å². The summed E-state index contributed by atoms with van der Waals surface area (Å²) in [5.41, 5.74) is 0.604. The molecule has 0 spiro atoms. The second-order valence-corrected chi connectivity index (χ2v) is 5.03. The number of Topliss-reactive ketones (excluding diaryl/α,β-unsaturated/α-hetero) is 1. The number of carbonyl (C=O) groups excluding carboxylic acids is 2. The van der Waals surface area contributed by atoms with Gasteiger partial charge in [-0.1, -0.05) is 62.9 Å². The summed E-state index contributed by atoms with van der Waals surface area (Å²) in [6.45, 7) is 3.52. The Hall–Kier alpha value is -1.64. The summed E-state index contributed by atoms with van der Waals surface area (Å²) in [5.74, 6) is -0.496. The van der Waals surface area contributed by atoms with E-state index in [2.05, 4.69) is 6.92 Å². The fourth-order valence-corrected chi connectivity index (χ4v) is 2.17. The molecule has 0 fully saturated rings. The third-order valence-electron chi connectivity index (χ3n) is 3.23. The Bertz CT molecular complexity index is 412. The molecule has 0 saturated heterocycles. The van der Waals surface area contributed by atoms with Crippen LogP contribution in [0, 0.1) is 0 Å². The lowest BCUT2D eigenvalue weighted by atomic mass is 10.0. The molecule has 1 atom stereocenters. The Labute approximate surface area is 121 Å². The van der Waals surface area contributed by atoms with Crippen LogP contribution >= 0.6 is 0 Å². The molecule has 3 nitrogen and oxygen atoms in total. The van der Waals surface area contributed by atoms with E-state index in [9.17, 15) is 9.59 Å². The molecule has 0 saturated carbocycles. The fourth-order valence-electron chi connectivity index (χ4n) is 2.17. The molecule has 1 rings (SSSR count).